The lowest BCUT2D eigenvalue weighted by molar-refractivity contribution is -0.138. The summed E-state index contributed by atoms with van der Waals surface area (Å²) in [5, 5.41) is 0. The molecule has 1 atom stereocenters. The van der Waals surface area contributed by atoms with Crippen LogP contribution in [0.4, 0.5) is 4.79 Å². The molecule has 2 aliphatic rings. The molecule has 0 aromatic heterocycles. The van der Waals surface area contributed by atoms with E-state index >= 15 is 0 Å². The minimum atomic E-state index is -1.35. The van der Waals surface area contributed by atoms with Gasteiger partial charge in [0.15, 0.2) is 10.1 Å². The normalized spacial score (nSPS) is 30.2. The van der Waals surface area contributed by atoms with Crippen LogP contribution >= 0.6 is 23.2 Å². The van der Waals surface area contributed by atoms with Crippen LogP contribution in [0.1, 0.15) is 40.0 Å². The molecule has 0 bridgehead atoms. The van der Waals surface area contributed by atoms with E-state index < -0.39 is 15.3 Å². The molecule has 0 radical (unpaired) electrons. The first-order valence-electron chi connectivity index (χ1n) is 6.46. The molecule has 1 amide bonds. The molecule has 0 N–H and O–H groups in total. The van der Waals surface area contributed by atoms with Gasteiger partial charge in [-0.1, -0.05) is 23.2 Å². The summed E-state index contributed by atoms with van der Waals surface area (Å²) in [5.74, 6) is -0.151. The zero-order valence-corrected chi connectivity index (χ0v) is 13.0. The standard InChI is InChI=1S/C13H19Cl2NO3/c1-11(2,3)19-10(18)16-6-4-5-12(8-16)7-9(17)13(12,14)15/h4-8H2,1-3H3. The fourth-order valence-corrected chi connectivity index (χ4v) is 3.31. The number of nitrogens with zero attached hydrogens (tertiary/aromatic N) is 1. The number of hydrogen-bond acceptors (Lipinski definition) is 3. The maximum absolute atomic E-state index is 12.1. The van der Waals surface area contributed by atoms with Gasteiger partial charge in [0.25, 0.3) is 0 Å². The number of likely N-dealkylation sites (tertiary alicyclic amines) is 1. The summed E-state index contributed by atoms with van der Waals surface area (Å²) in [7, 11) is 0. The van der Waals surface area contributed by atoms with E-state index in [9.17, 15) is 9.59 Å². The van der Waals surface area contributed by atoms with Crippen LogP contribution in [0.5, 0.6) is 0 Å². The molecule has 2 rings (SSSR count). The van der Waals surface area contributed by atoms with Gasteiger partial charge in [-0.2, -0.15) is 0 Å². The highest BCUT2D eigenvalue weighted by Crippen LogP contribution is 2.58. The number of ketones is 1. The van der Waals surface area contributed by atoms with E-state index in [4.69, 9.17) is 27.9 Å². The highest BCUT2D eigenvalue weighted by atomic mass is 35.5. The van der Waals surface area contributed by atoms with Gasteiger partial charge in [0.2, 0.25) is 0 Å². The number of ether oxygens (including phenoxy) is 1. The van der Waals surface area contributed by atoms with Gasteiger partial charge in [-0.15, -0.1) is 0 Å². The summed E-state index contributed by atoms with van der Waals surface area (Å²) in [6, 6.07) is 0. The number of piperidine rings is 1. The minimum Gasteiger partial charge on any atom is -0.444 e. The van der Waals surface area contributed by atoms with Crippen LogP contribution in [0.3, 0.4) is 0 Å². The van der Waals surface area contributed by atoms with E-state index in [1.807, 2.05) is 20.8 Å². The molecular weight excluding hydrogens is 289 g/mol. The maximum atomic E-state index is 12.1. The van der Waals surface area contributed by atoms with Crippen LogP contribution in [0, 0.1) is 5.41 Å². The molecule has 6 heteroatoms. The zero-order chi connectivity index (χ0) is 14.5. The van der Waals surface area contributed by atoms with E-state index in [1.54, 1.807) is 4.90 Å². The largest absolute Gasteiger partial charge is 0.444 e. The van der Waals surface area contributed by atoms with Gasteiger partial charge in [0.1, 0.15) is 5.60 Å². The van der Waals surface area contributed by atoms with Gasteiger partial charge < -0.3 is 9.64 Å². The maximum Gasteiger partial charge on any atom is 0.410 e. The monoisotopic (exact) mass is 307 g/mol. The third kappa shape index (κ3) is 2.57. The first kappa shape index (κ1) is 14.9. The second-order valence-corrected chi connectivity index (χ2v) is 7.79. The van der Waals surface area contributed by atoms with Gasteiger partial charge in [0, 0.05) is 24.9 Å². The molecule has 1 spiro atoms. The van der Waals surface area contributed by atoms with Crippen LogP contribution in [0.25, 0.3) is 0 Å². The quantitative estimate of drug-likeness (QED) is 0.646. The van der Waals surface area contributed by atoms with Crippen molar-refractivity contribution >= 4 is 35.1 Å². The highest BCUT2D eigenvalue weighted by molar-refractivity contribution is 6.61. The van der Waals surface area contributed by atoms with Gasteiger partial charge in [-0.05, 0) is 33.6 Å². The first-order valence-corrected chi connectivity index (χ1v) is 7.22. The smallest absolute Gasteiger partial charge is 0.410 e. The van der Waals surface area contributed by atoms with E-state index in [1.165, 1.54) is 0 Å². The molecule has 108 valence electrons. The summed E-state index contributed by atoms with van der Waals surface area (Å²) >= 11 is 12.3. The average Bonchev–Trinajstić information content (AvgIpc) is 2.27. The number of halogens is 2. The van der Waals surface area contributed by atoms with Gasteiger partial charge >= 0.3 is 6.09 Å². The number of carbonyl (C=O) groups excluding carboxylic acids is 2. The van der Waals surface area contributed by atoms with Gasteiger partial charge in [-0.3, -0.25) is 4.79 Å². The molecule has 19 heavy (non-hydrogen) atoms. The van der Waals surface area contributed by atoms with E-state index in [-0.39, 0.29) is 11.9 Å². The molecule has 1 saturated carbocycles. The summed E-state index contributed by atoms with van der Waals surface area (Å²) < 4.78 is 4.00. The molecule has 1 unspecified atom stereocenters. The Bertz CT molecular complexity index is 417. The lowest BCUT2D eigenvalue weighted by atomic mass is 9.62. The Kier molecular flexibility index (Phi) is 3.55. The van der Waals surface area contributed by atoms with Crippen LogP contribution in [-0.4, -0.2) is 39.8 Å². The Balaban J connectivity index is 2.07. The third-order valence-corrected chi connectivity index (χ3v) is 4.97. The highest BCUT2D eigenvalue weighted by Gasteiger charge is 2.65. The summed E-state index contributed by atoms with van der Waals surface area (Å²) in [5.41, 5.74) is -1.03. The number of amides is 1. The molecule has 1 heterocycles. The van der Waals surface area contributed by atoms with Crippen molar-refractivity contribution in [1.29, 1.82) is 0 Å². The number of alkyl halides is 2. The topological polar surface area (TPSA) is 46.6 Å². The lowest BCUT2D eigenvalue weighted by Gasteiger charge is -2.54. The molecule has 1 saturated heterocycles. The average molecular weight is 308 g/mol. The minimum absolute atomic E-state index is 0.151. The summed E-state index contributed by atoms with van der Waals surface area (Å²) in [6.07, 6.45) is 1.54. The predicted octanol–water partition coefficient (Wildman–Crippen LogP) is 3.15. The Morgan fingerprint density at radius 3 is 2.47 bits per heavy atom. The number of rotatable bonds is 0. The van der Waals surface area contributed by atoms with Crippen LogP contribution < -0.4 is 0 Å². The Morgan fingerprint density at radius 1 is 1.37 bits per heavy atom. The summed E-state index contributed by atoms with van der Waals surface area (Å²) in [6.45, 7) is 6.48. The van der Waals surface area contributed by atoms with Crippen molar-refractivity contribution in [2.45, 2.75) is 50.0 Å². The van der Waals surface area contributed by atoms with Crippen molar-refractivity contribution in [2.75, 3.05) is 13.1 Å². The van der Waals surface area contributed by atoms with Crippen molar-refractivity contribution in [3.8, 4) is 0 Å². The third-order valence-electron chi connectivity index (χ3n) is 3.74. The lowest BCUT2D eigenvalue weighted by Crippen LogP contribution is -2.65. The van der Waals surface area contributed by atoms with Crippen LogP contribution in [0.15, 0.2) is 0 Å². The molecule has 2 fully saturated rings. The predicted molar refractivity (Wildman–Crippen MR) is 73.5 cm³/mol. The molecule has 0 aromatic carbocycles. The zero-order valence-electron chi connectivity index (χ0n) is 11.5. The van der Waals surface area contributed by atoms with Crippen LogP contribution in [-0.2, 0) is 9.53 Å². The SMILES string of the molecule is CC(C)(C)OC(=O)N1CCCC2(CC(=O)C2(Cl)Cl)C1. The number of carbonyl (C=O) groups is 2. The van der Waals surface area contributed by atoms with E-state index in [0.717, 1.165) is 12.8 Å². The van der Waals surface area contributed by atoms with Gasteiger partial charge in [-0.25, -0.2) is 4.79 Å². The van der Waals surface area contributed by atoms with Crippen molar-refractivity contribution in [3.05, 3.63) is 0 Å². The molecule has 1 aliphatic carbocycles. The Labute approximate surface area is 123 Å². The molecule has 4 nitrogen and oxygen atoms in total. The fourth-order valence-electron chi connectivity index (χ4n) is 2.73. The van der Waals surface area contributed by atoms with E-state index in [2.05, 4.69) is 0 Å². The van der Waals surface area contributed by atoms with Crippen molar-refractivity contribution in [1.82, 2.24) is 4.90 Å². The number of hydrogen-bond donors (Lipinski definition) is 0. The van der Waals surface area contributed by atoms with E-state index in [0.29, 0.717) is 19.5 Å². The fraction of sp³-hybridized carbons (Fsp3) is 0.846. The van der Waals surface area contributed by atoms with Crippen molar-refractivity contribution in [3.63, 3.8) is 0 Å². The Morgan fingerprint density at radius 2 is 2.00 bits per heavy atom. The Hall–Kier alpha value is -0.480. The second-order valence-electron chi connectivity index (χ2n) is 6.46. The summed E-state index contributed by atoms with van der Waals surface area (Å²) in [4.78, 5) is 25.2. The first-order chi connectivity index (χ1) is 8.57. The van der Waals surface area contributed by atoms with Crippen molar-refractivity contribution < 1.29 is 14.3 Å². The van der Waals surface area contributed by atoms with Gasteiger partial charge in [0.05, 0.1) is 0 Å². The van der Waals surface area contributed by atoms with Crippen LogP contribution in [0.2, 0.25) is 0 Å². The molecule has 0 aromatic rings. The molecule has 1 aliphatic heterocycles. The molecular formula is C13H19Cl2NO3. The van der Waals surface area contributed by atoms with Crippen molar-refractivity contribution in [2.24, 2.45) is 5.41 Å². The second kappa shape index (κ2) is 4.52. The number of Topliss-reactive ketones (excluding diaryl/α,β-unsaturated/α-hetero) is 1.